The first-order valence-electron chi connectivity index (χ1n) is 7.52. The molecule has 0 saturated heterocycles. The van der Waals surface area contributed by atoms with Crippen molar-refractivity contribution in [2.24, 2.45) is 0 Å². The van der Waals surface area contributed by atoms with Crippen LogP contribution in [-0.2, 0) is 28.6 Å². The molecule has 0 saturated carbocycles. The van der Waals surface area contributed by atoms with Gasteiger partial charge in [-0.15, -0.1) is 0 Å². The number of hydrogen-bond acceptors (Lipinski definition) is 8. The molecule has 0 fully saturated rings. The third-order valence-corrected chi connectivity index (χ3v) is 3.15. The summed E-state index contributed by atoms with van der Waals surface area (Å²) in [7, 11) is 0. The summed E-state index contributed by atoms with van der Waals surface area (Å²) >= 11 is 0. The van der Waals surface area contributed by atoms with Gasteiger partial charge in [-0.1, -0.05) is 0 Å². The predicted octanol–water partition coefficient (Wildman–Crippen LogP) is 0.0194. The topological polar surface area (TPSA) is 119 Å². The minimum Gasteiger partial charge on any atom is -0.459 e. The molecule has 8 heteroatoms. The number of ether oxygens (including phenoxy) is 3. The highest BCUT2D eigenvalue weighted by Crippen LogP contribution is 2.09. The highest BCUT2D eigenvalue weighted by molar-refractivity contribution is 5.83. The maximum Gasteiger partial charge on any atom is 0.330 e. The zero-order valence-corrected chi connectivity index (χ0v) is 13.7. The van der Waals surface area contributed by atoms with Crippen molar-refractivity contribution >= 4 is 17.9 Å². The van der Waals surface area contributed by atoms with Crippen molar-refractivity contribution in [3.63, 3.8) is 0 Å². The largest absolute Gasteiger partial charge is 0.459 e. The fourth-order valence-corrected chi connectivity index (χ4v) is 1.81. The van der Waals surface area contributed by atoms with Gasteiger partial charge >= 0.3 is 17.9 Å². The Balaban J connectivity index is 2.98. The lowest BCUT2D eigenvalue weighted by Crippen LogP contribution is -2.29. The van der Waals surface area contributed by atoms with E-state index in [2.05, 4.69) is 0 Å². The monoisotopic (exact) mass is 342 g/mol. The molecule has 1 heterocycles. The molecule has 0 aliphatic carbocycles. The fraction of sp³-hybridized carbons (Fsp3) is 0.562. The van der Waals surface area contributed by atoms with E-state index in [0.717, 1.165) is 18.2 Å². The van der Waals surface area contributed by atoms with Crippen LogP contribution in [0, 0.1) is 0 Å². The van der Waals surface area contributed by atoms with E-state index in [1.165, 1.54) is 26.8 Å². The number of hydrogen-bond donors (Lipinski definition) is 2. The van der Waals surface area contributed by atoms with Gasteiger partial charge in [0, 0.05) is 12.2 Å². The van der Waals surface area contributed by atoms with E-state index < -0.39 is 48.4 Å². The van der Waals surface area contributed by atoms with Crippen LogP contribution in [0.1, 0.15) is 27.2 Å². The highest BCUT2D eigenvalue weighted by Gasteiger charge is 2.22. The molecule has 0 radical (unpaired) electrons. The van der Waals surface area contributed by atoms with Crippen molar-refractivity contribution in [1.29, 1.82) is 0 Å². The normalized spacial score (nSPS) is 34.0. The van der Waals surface area contributed by atoms with Crippen molar-refractivity contribution in [2.75, 3.05) is 0 Å². The number of esters is 3. The van der Waals surface area contributed by atoms with Crippen LogP contribution < -0.4 is 0 Å². The number of cyclic esters (lactones) is 3. The first kappa shape index (κ1) is 19.9. The fourth-order valence-electron chi connectivity index (χ4n) is 1.81. The van der Waals surface area contributed by atoms with Gasteiger partial charge in [0.05, 0.1) is 12.5 Å². The summed E-state index contributed by atoms with van der Waals surface area (Å²) in [5, 5.41) is 19.4. The van der Waals surface area contributed by atoms with Gasteiger partial charge in [0.15, 0.2) is 0 Å². The predicted molar refractivity (Wildman–Crippen MR) is 81.6 cm³/mol. The second-order valence-corrected chi connectivity index (χ2v) is 5.50. The molecular weight excluding hydrogens is 320 g/mol. The second kappa shape index (κ2) is 9.19. The summed E-state index contributed by atoms with van der Waals surface area (Å²) in [6.07, 6.45) is -0.905. The molecule has 2 N–H and O–H groups in total. The Morgan fingerprint density at radius 3 is 2.25 bits per heavy atom. The third kappa shape index (κ3) is 6.93. The minimum absolute atomic E-state index is 0.222. The SMILES string of the molecule is C[C@@H]1CC(=O)O[C@@H]([C@H](C)O)/C=C\C(=O)O[C@@H](C)[C@H](O)/C=C\C(=O)O1. The number of carbonyl (C=O) groups excluding carboxylic acids is 3. The first-order valence-corrected chi connectivity index (χ1v) is 7.52. The van der Waals surface area contributed by atoms with Gasteiger partial charge in [0.25, 0.3) is 0 Å². The van der Waals surface area contributed by atoms with Crippen molar-refractivity contribution in [1.82, 2.24) is 0 Å². The summed E-state index contributed by atoms with van der Waals surface area (Å²) in [6, 6.07) is 0. The molecule has 1 aliphatic rings. The maximum atomic E-state index is 11.8. The molecule has 8 nitrogen and oxygen atoms in total. The lowest BCUT2D eigenvalue weighted by atomic mass is 10.2. The van der Waals surface area contributed by atoms with Crippen molar-refractivity contribution in [3.8, 4) is 0 Å². The smallest absolute Gasteiger partial charge is 0.330 e. The van der Waals surface area contributed by atoms with E-state index in [0.29, 0.717) is 0 Å². The van der Waals surface area contributed by atoms with Gasteiger partial charge in [0.1, 0.15) is 24.4 Å². The van der Waals surface area contributed by atoms with Gasteiger partial charge in [0.2, 0.25) is 0 Å². The molecule has 134 valence electrons. The summed E-state index contributed by atoms with van der Waals surface area (Å²) < 4.78 is 15.0. The van der Waals surface area contributed by atoms with E-state index in [9.17, 15) is 24.6 Å². The van der Waals surface area contributed by atoms with E-state index in [1.807, 2.05) is 0 Å². The van der Waals surface area contributed by atoms with E-state index >= 15 is 0 Å². The summed E-state index contributed by atoms with van der Waals surface area (Å²) in [5.74, 6) is -2.25. The van der Waals surface area contributed by atoms with Crippen LogP contribution in [0.15, 0.2) is 24.3 Å². The Bertz CT molecular complexity index is 522. The average Bonchev–Trinajstić information content (AvgIpc) is 2.47. The van der Waals surface area contributed by atoms with Crippen molar-refractivity contribution in [3.05, 3.63) is 24.3 Å². The molecule has 0 aromatic carbocycles. The van der Waals surface area contributed by atoms with Crippen LogP contribution in [0.4, 0.5) is 0 Å². The highest BCUT2D eigenvalue weighted by atomic mass is 16.6. The van der Waals surface area contributed by atoms with Crippen LogP contribution in [0.25, 0.3) is 0 Å². The van der Waals surface area contributed by atoms with E-state index in [-0.39, 0.29) is 6.42 Å². The molecule has 1 aliphatic heterocycles. The zero-order valence-electron chi connectivity index (χ0n) is 13.7. The Labute approximate surface area is 139 Å². The van der Waals surface area contributed by atoms with Gasteiger partial charge in [-0.3, -0.25) is 4.79 Å². The number of aliphatic hydroxyl groups is 2. The summed E-state index contributed by atoms with van der Waals surface area (Å²) in [4.78, 5) is 35.1. The summed E-state index contributed by atoms with van der Waals surface area (Å²) in [6.45, 7) is 4.34. The molecule has 5 atom stereocenters. The van der Waals surface area contributed by atoms with Gasteiger partial charge in [-0.2, -0.15) is 0 Å². The number of aliphatic hydroxyl groups excluding tert-OH is 2. The molecular formula is C16H22O8. The van der Waals surface area contributed by atoms with Crippen LogP contribution in [0.3, 0.4) is 0 Å². The van der Waals surface area contributed by atoms with Crippen LogP contribution in [-0.4, -0.2) is 58.6 Å². The lowest BCUT2D eigenvalue weighted by molar-refractivity contribution is -0.156. The Morgan fingerprint density at radius 2 is 1.62 bits per heavy atom. The molecule has 24 heavy (non-hydrogen) atoms. The van der Waals surface area contributed by atoms with Crippen molar-refractivity contribution < 1.29 is 38.8 Å². The number of rotatable bonds is 1. The summed E-state index contributed by atoms with van der Waals surface area (Å²) in [5.41, 5.74) is 0. The quantitative estimate of drug-likeness (QED) is 0.505. The Morgan fingerprint density at radius 1 is 1.04 bits per heavy atom. The molecule has 1 rings (SSSR count). The lowest BCUT2D eigenvalue weighted by Gasteiger charge is -2.18. The Kier molecular flexibility index (Phi) is 7.60. The minimum atomic E-state index is -1.21. The third-order valence-electron chi connectivity index (χ3n) is 3.15. The van der Waals surface area contributed by atoms with Crippen LogP contribution in [0.5, 0.6) is 0 Å². The van der Waals surface area contributed by atoms with E-state index in [4.69, 9.17) is 14.2 Å². The average molecular weight is 342 g/mol. The van der Waals surface area contributed by atoms with Gasteiger partial charge in [-0.25, -0.2) is 9.59 Å². The van der Waals surface area contributed by atoms with Gasteiger partial charge in [-0.05, 0) is 32.9 Å². The van der Waals surface area contributed by atoms with E-state index in [1.54, 1.807) is 0 Å². The van der Waals surface area contributed by atoms with Crippen LogP contribution >= 0.6 is 0 Å². The zero-order chi connectivity index (χ0) is 18.3. The first-order chi connectivity index (χ1) is 11.2. The van der Waals surface area contributed by atoms with Crippen molar-refractivity contribution in [2.45, 2.75) is 57.7 Å². The standard InChI is InChI=1S/C16H22O8/c1-9-8-16(21)24-13(10(2)17)5-7-15(20)23-11(3)12(18)4-6-14(19)22-9/h4-7,9-13,17-18H,8H2,1-3H3/b6-4-,7-5-/t9-,10+,11+,12-,13-/m1/s1. The Hall–Kier alpha value is -2.19. The molecule has 0 aromatic rings. The molecule has 0 amide bonds. The maximum absolute atomic E-state index is 11.8. The van der Waals surface area contributed by atoms with Crippen LogP contribution in [0.2, 0.25) is 0 Å². The van der Waals surface area contributed by atoms with Gasteiger partial charge < -0.3 is 24.4 Å². The molecule has 0 aromatic heterocycles. The second-order valence-electron chi connectivity index (χ2n) is 5.50. The molecule has 0 spiro atoms. The molecule has 0 bridgehead atoms. The molecule has 0 unspecified atom stereocenters. The number of carbonyl (C=O) groups is 3.